The third-order valence-corrected chi connectivity index (χ3v) is 3.64. The Morgan fingerprint density at radius 3 is 2.81 bits per heavy atom. The van der Waals surface area contributed by atoms with Crippen molar-refractivity contribution in [2.75, 3.05) is 7.11 Å². The Hall–Kier alpha value is -2.69. The number of nitrogens with zero attached hydrogens (tertiary/aromatic N) is 1. The monoisotopic (exact) mass is 285 g/mol. The van der Waals surface area contributed by atoms with Crippen LogP contribution in [0.1, 0.15) is 21.8 Å². The summed E-state index contributed by atoms with van der Waals surface area (Å²) in [6.45, 7) is 2.30. The molecular weight excluding hydrogens is 270 g/mol. The number of furan rings is 1. The molecule has 1 N–H and O–H groups in total. The van der Waals surface area contributed by atoms with Gasteiger partial charge < -0.3 is 18.8 Å². The summed E-state index contributed by atoms with van der Waals surface area (Å²) in [4.78, 5) is 11.6. The second-order valence-corrected chi connectivity index (χ2v) is 4.81. The molecule has 108 valence electrons. The van der Waals surface area contributed by atoms with Crippen LogP contribution in [-0.4, -0.2) is 22.8 Å². The molecule has 0 aliphatic heterocycles. The fraction of sp³-hybridized carbons (Fsp3) is 0.188. The highest BCUT2D eigenvalue weighted by molar-refractivity contribution is 6.05. The number of carboxylic acid groups (broad SMARTS) is 1. The molecule has 0 saturated carbocycles. The molecule has 0 aliphatic rings. The van der Waals surface area contributed by atoms with E-state index in [-0.39, 0.29) is 0 Å². The van der Waals surface area contributed by atoms with Crippen LogP contribution in [0.15, 0.2) is 41.0 Å². The summed E-state index contributed by atoms with van der Waals surface area (Å²) in [7, 11) is 1.56. The highest BCUT2D eigenvalue weighted by Crippen LogP contribution is 2.30. The average molecular weight is 285 g/mol. The van der Waals surface area contributed by atoms with Gasteiger partial charge in [0.15, 0.2) is 0 Å². The molecule has 5 nitrogen and oxygen atoms in total. The first kappa shape index (κ1) is 13.3. The molecule has 0 atom stereocenters. The van der Waals surface area contributed by atoms with Gasteiger partial charge in [-0.3, -0.25) is 0 Å². The van der Waals surface area contributed by atoms with Crippen LogP contribution in [-0.2, 0) is 6.54 Å². The number of hydrogen-bond donors (Lipinski definition) is 1. The largest absolute Gasteiger partial charge is 0.497 e. The first-order valence-electron chi connectivity index (χ1n) is 6.54. The van der Waals surface area contributed by atoms with Gasteiger partial charge in [0.05, 0.1) is 25.5 Å². The number of carbonyl (C=O) groups is 1. The number of aromatic carboxylic acids is 1. The molecule has 0 unspecified atom stereocenters. The van der Waals surface area contributed by atoms with E-state index in [9.17, 15) is 9.90 Å². The highest BCUT2D eigenvalue weighted by Gasteiger charge is 2.20. The van der Waals surface area contributed by atoms with E-state index in [2.05, 4.69) is 0 Å². The van der Waals surface area contributed by atoms with Crippen LogP contribution >= 0.6 is 0 Å². The van der Waals surface area contributed by atoms with Gasteiger partial charge in [0.25, 0.3) is 0 Å². The predicted octanol–water partition coefficient (Wildman–Crippen LogP) is 3.30. The van der Waals surface area contributed by atoms with Crippen LogP contribution in [0.5, 0.6) is 5.75 Å². The lowest BCUT2D eigenvalue weighted by molar-refractivity contribution is 0.0698. The Balaban J connectivity index is 2.24. The van der Waals surface area contributed by atoms with E-state index >= 15 is 0 Å². The van der Waals surface area contributed by atoms with E-state index in [1.54, 1.807) is 26.4 Å². The van der Waals surface area contributed by atoms with Crippen molar-refractivity contribution < 1.29 is 19.1 Å². The van der Waals surface area contributed by atoms with Gasteiger partial charge in [0.2, 0.25) is 0 Å². The summed E-state index contributed by atoms with van der Waals surface area (Å²) in [6, 6.07) is 9.14. The fourth-order valence-electron chi connectivity index (χ4n) is 2.62. The SMILES string of the molecule is COc1ccc2c(c1)c(C(=O)O)c(C)n2Cc1ccco1. The Labute approximate surface area is 121 Å². The molecule has 5 heteroatoms. The quantitative estimate of drug-likeness (QED) is 0.798. The number of hydrogen-bond acceptors (Lipinski definition) is 3. The van der Waals surface area contributed by atoms with Crippen LogP contribution in [0.4, 0.5) is 0 Å². The maximum absolute atomic E-state index is 11.6. The number of benzene rings is 1. The minimum Gasteiger partial charge on any atom is -0.497 e. The molecule has 0 fully saturated rings. The van der Waals surface area contributed by atoms with E-state index in [0.29, 0.717) is 28.9 Å². The topological polar surface area (TPSA) is 64.6 Å². The van der Waals surface area contributed by atoms with Crippen molar-refractivity contribution in [2.24, 2.45) is 0 Å². The van der Waals surface area contributed by atoms with E-state index < -0.39 is 5.97 Å². The fourth-order valence-corrected chi connectivity index (χ4v) is 2.62. The molecular formula is C16H15NO4. The van der Waals surface area contributed by atoms with Crippen LogP contribution in [0.3, 0.4) is 0 Å². The molecule has 3 aromatic rings. The maximum atomic E-state index is 11.6. The minimum absolute atomic E-state index is 0.301. The number of aromatic nitrogens is 1. The normalized spacial score (nSPS) is 11.0. The summed E-state index contributed by atoms with van der Waals surface area (Å²) >= 11 is 0. The molecule has 0 radical (unpaired) electrons. The second-order valence-electron chi connectivity index (χ2n) is 4.81. The zero-order valence-corrected chi connectivity index (χ0v) is 11.8. The molecule has 21 heavy (non-hydrogen) atoms. The molecule has 3 rings (SSSR count). The van der Waals surface area contributed by atoms with Gasteiger partial charge in [-0.15, -0.1) is 0 Å². The zero-order valence-electron chi connectivity index (χ0n) is 11.8. The Bertz CT molecular complexity index is 799. The van der Waals surface area contributed by atoms with Gasteiger partial charge in [-0.2, -0.15) is 0 Å². The molecule has 0 spiro atoms. The van der Waals surface area contributed by atoms with Gasteiger partial charge in [-0.05, 0) is 37.3 Å². The Morgan fingerprint density at radius 2 is 2.19 bits per heavy atom. The zero-order chi connectivity index (χ0) is 15.0. The molecule has 0 bridgehead atoms. The highest BCUT2D eigenvalue weighted by atomic mass is 16.5. The number of fused-ring (bicyclic) bond motifs is 1. The van der Waals surface area contributed by atoms with Crippen molar-refractivity contribution in [3.63, 3.8) is 0 Å². The first-order chi connectivity index (χ1) is 10.1. The third-order valence-electron chi connectivity index (χ3n) is 3.64. The van der Waals surface area contributed by atoms with E-state index in [0.717, 1.165) is 11.3 Å². The molecule has 2 heterocycles. The molecule has 0 saturated heterocycles. The van der Waals surface area contributed by atoms with E-state index in [1.165, 1.54) is 0 Å². The van der Waals surface area contributed by atoms with Crippen molar-refractivity contribution in [3.8, 4) is 5.75 Å². The van der Waals surface area contributed by atoms with E-state index in [1.807, 2.05) is 28.8 Å². The first-order valence-corrected chi connectivity index (χ1v) is 6.54. The molecule has 0 amide bonds. The van der Waals surface area contributed by atoms with Crippen molar-refractivity contribution in [3.05, 3.63) is 53.6 Å². The van der Waals surface area contributed by atoms with Gasteiger partial charge in [0, 0.05) is 16.6 Å². The summed E-state index contributed by atoms with van der Waals surface area (Å²) in [5, 5.41) is 10.2. The van der Waals surface area contributed by atoms with Crippen molar-refractivity contribution in [2.45, 2.75) is 13.5 Å². The molecule has 2 aromatic heterocycles. The summed E-state index contributed by atoms with van der Waals surface area (Å²) in [6.07, 6.45) is 1.61. The van der Waals surface area contributed by atoms with Gasteiger partial charge >= 0.3 is 5.97 Å². The third kappa shape index (κ3) is 2.16. The predicted molar refractivity (Wildman–Crippen MR) is 78.0 cm³/mol. The number of carboxylic acids is 1. The standard InChI is InChI=1S/C16H15NO4/c1-10-15(16(18)19)13-8-11(20-2)5-6-14(13)17(10)9-12-4-3-7-21-12/h3-8H,9H2,1-2H3,(H,18,19). The minimum atomic E-state index is -0.941. The Morgan fingerprint density at radius 1 is 1.38 bits per heavy atom. The van der Waals surface area contributed by atoms with Crippen LogP contribution < -0.4 is 4.74 Å². The molecule has 0 aliphatic carbocycles. The maximum Gasteiger partial charge on any atom is 0.338 e. The molecule has 1 aromatic carbocycles. The van der Waals surface area contributed by atoms with Gasteiger partial charge in [-0.25, -0.2) is 4.79 Å². The average Bonchev–Trinajstić information content (AvgIpc) is 3.06. The van der Waals surface area contributed by atoms with Crippen LogP contribution in [0.25, 0.3) is 10.9 Å². The lowest BCUT2D eigenvalue weighted by Crippen LogP contribution is -2.03. The van der Waals surface area contributed by atoms with Crippen molar-refractivity contribution in [1.29, 1.82) is 0 Å². The smallest absolute Gasteiger partial charge is 0.338 e. The second kappa shape index (κ2) is 5.01. The van der Waals surface area contributed by atoms with Crippen LogP contribution in [0, 0.1) is 6.92 Å². The lowest BCUT2D eigenvalue weighted by atomic mass is 10.1. The number of ether oxygens (including phenoxy) is 1. The van der Waals surface area contributed by atoms with Gasteiger partial charge in [-0.1, -0.05) is 0 Å². The van der Waals surface area contributed by atoms with Gasteiger partial charge in [0.1, 0.15) is 11.5 Å². The number of rotatable bonds is 4. The summed E-state index contributed by atoms with van der Waals surface area (Å²) < 4.78 is 12.5. The van der Waals surface area contributed by atoms with Crippen molar-refractivity contribution in [1.82, 2.24) is 4.57 Å². The van der Waals surface area contributed by atoms with Crippen molar-refractivity contribution >= 4 is 16.9 Å². The Kier molecular flexibility index (Phi) is 3.17. The van der Waals surface area contributed by atoms with E-state index in [4.69, 9.17) is 9.15 Å². The lowest BCUT2D eigenvalue weighted by Gasteiger charge is -2.06. The summed E-state index contributed by atoms with van der Waals surface area (Å²) in [5.41, 5.74) is 1.85. The van der Waals surface area contributed by atoms with Crippen LogP contribution in [0.2, 0.25) is 0 Å². The number of methoxy groups -OCH3 is 1. The summed E-state index contributed by atoms with van der Waals surface area (Å²) in [5.74, 6) is 0.479.